The molecule has 2 rings (SSSR count). The molecule has 0 heterocycles. The number of ether oxygens (including phenoxy) is 3. The minimum atomic E-state index is -3.03. The molecular weight excluding hydrogens is 425 g/mol. The summed E-state index contributed by atoms with van der Waals surface area (Å²) in [7, 11) is 1.25. The smallest absolute Gasteiger partial charge is 0.387 e. The molecule has 0 radical (unpaired) electrons. The monoisotopic (exact) mass is 440 g/mol. The summed E-state index contributed by atoms with van der Waals surface area (Å²) in [6.45, 7) is -3.74. The molecule has 12 heteroatoms. The highest BCUT2D eigenvalue weighted by atomic mass is 19.3. The number of alkyl halides is 2. The molecule has 0 unspecified atom stereocenters. The van der Waals surface area contributed by atoms with Crippen molar-refractivity contribution in [2.75, 3.05) is 19.0 Å². The summed E-state index contributed by atoms with van der Waals surface area (Å²) < 4.78 is 51.9. The fourth-order valence-corrected chi connectivity index (χ4v) is 2.26. The minimum absolute atomic E-state index is 0.0172. The summed E-state index contributed by atoms with van der Waals surface area (Å²) in [4.78, 5) is 33.3. The number of methoxy groups -OCH3 is 1. The number of nitrogens with zero attached hydrogens (tertiary/aromatic N) is 1. The number of hydrogen-bond acceptors (Lipinski definition) is 7. The van der Waals surface area contributed by atoms with Crippen molar-refractivity contribution in [2.45, 2.75) is 6.61 Å². The van der Waals surface area contributed by atoms with Gasteiger partial charge in [-0.25, -0.2) is 4.79 Å². The number of benzene rings is 2. The van der Waals surface area contributed by atoms with Crippen LogP contribution in [0.3, 0.4) is 0 Å². The van der Waals surface area contributed by atoms with Gasteiger partial charge in [0.2, 0.25) is 5.82 Å². The molecule has 0 aliphatic rings. The van der Waals surface area contributed by atoms with Crippen molar-refractivity contribution >= 4 is 29.3 Å². The van der Waals surface area contributed by atoms with Crippen molar-refractivity contribution in [3.63, 3.8) is 0 Å². The molecule has 0 bridgehead atoms. The Kier molecular flexibility index (Phi) is 7.94. The highest BCUT2D eigenvalue weighted by Crippen LogP contribution is 2.29. The Bertz CT molecular complexity index is 1010. The number of nitro benzene ring substituents is 1. The molecule has 0 aromatic heterocycles. The molecule has 0 spiro atoms. The van der Waals surface area contributed by atoms with E-state index in [1.807, 2.05) is 0 Å². The Labute approximate surface area is 173 Å². The van der Waals surface area contributed by atoms with Crippen molar-refractivity contribution in [2.24, 2.45) is 0 Å². The summed E-state index contributed by atoms with van der Waals surface area (Å²) in [5.41, 5.74) is -0.473. The first-order valence-corrected chi connectivity index (χ1v) is 8.41. The average Bonchev–Trinajstić information content (AvgIpc) is 2.72. The SMILES string of the molecule is COc1cc(/C=C/C(=O)OCC(=O)Nc2ccc(F)c([N+](=O)[O-])c2)ccc1OC(F)F. The van der Waals surface area contributed by atoms with Crippen LogP contribution in [0.1, 0.15) is 5.56 Å². The quantitative estimate of drug-likeness (QED) is 0.274. The summed E-state index contributed by atoms with van der Waals surface area (Å²) in [6.07, 6.45) is 2.27. The number of halogens is 3. The summed E-state index contributed by atoms with van der Waals surface area (Å²) in [5, 5.41) is 12.9. The van der Waals surface area contributed by atoms with Crippen LogP contribution in [0.15, 0.2) is 42.5 Å². The van der Waals surface area contributed by atoms with Crippen LogP contribution in [0, 0.1) is 15.9 Å². The zero-order valence-electron chi connectivity index (χ0n) is 15.8. The van der Waals surface area contributed by atoms with Crippen LogP contribution in [0.4, 0.5) is 24.5 Å². The van der Waals surface area contributed by atoms with Gasteiger partial charge in [0, 0.05) is 17.8 Å². The van der Waals surface area contributed by atoms with E-state index in [-0.39, 0.29) is 17.2 Å². The van der Waals surface area contributed by atoms with Gasteiger partial charge in [-0.2, -0.15) is 13.2 Å². The molecule has 0 saturated heterocycles. The predicted molar refractivity (Wildman–Crippen MR) is 101 cm³/mol. The number of anilines is 1. The molecule has 0 fully saturated rings. The lowest BCUT2D eigenvalue weighted by Gasteiger charge is -2.10. The Balaban J connectivity index is 1.91. The van der Waals surface area contributed by atoms with Gasteiger partial charge >= 0.3 is 18.3 Å². The number of hydrogen-bond donors (Lipinski definition) is 1. The van der Waals surface area contributed by atoms with Crippen LogP contribution in [-0.2, 0) is 14.3 Å². The van der Waals surface area contributed by atoms with E-state index in [9.17, 15) is 32.9 Å². The van der Waals surface area contributed by atoms with Gasteiger partial charge in [0.25, 0.3) is 5.91 Å². The van der Waals surface area contributed by atoms with Crippen molar-refractivity contribution in [3.05, 3.63) is 64.0 Å². The van der Waals surface area contributed by atoms with Gasteiger partial charge in [0.15, 0.2) is 18.1 Å². The molecule has 164 valence electrons. The Hall–Kier alpha value is -4.09. The summed E-state index contributed by atoms with van der Waals surface area (Å²) in [5.74, 6) is -2.94. The van der Waals surface area contributed by atoms with Crippen LogP contribution in [0.2, 0.25) is 0 Å². The number of carbonyl (C=O) groups is 2. The van der Waals surface area contributed by atoms with E-state index in [2.05, 4.69) is 10.1 Å². The van der Waals surface area contributed by atoms with Crippen LogP contribution in [-0.4, -0.2) is 37.1 Å². The van der Waals surface area contributed by atoms with Gasteiger partial charge in [-0.1, -0.05) is 6.07 Å². The van der Waals surface area contributed by atoms with E-state index in [0.717, 1.165) is 24.3 Å². The largest absolute Gasteiger partial charge is 0.493 e. The second-order valence-corrected chi connectivity index (χ2v) is 5.70. The topological polar surface area (TPSA) is 117 Å². The molecule has 9 nitrogen and oxygen atoms in total. The van der Waals surface area contributed by atoms with Crippen molar-refractivity contribution < 1.29 is 41.9 Å². The van der Waals surface area contributed by atoms with Gasteiger partial charge in [-0.15, -0.1) is 0 Å². The highest BCUT2D eigenvalue weighted by molar-refractivity contribution is 5.94. The number of esters is 1. The van der Waals surface area contributed by atoms with Crippen molar-refractivity contribution in [1.29, 1.82) is 0 Å². The standard InChI is InChI=1S/C19H15F3N2O7/c1-29-16-8-11(2-6-15(16)31-19(21)22)3-7-18(26)30-10-17(25)23-12-4-5-13(20)14(9-12)24(27)28/h2-9,19H,10H2,1H3,(H,23,25)/b7-3+. The van der Waals surface area contributed by atoms with Gasteiger partial charge in [0.1, 0.15) is 0 Å². The van der Waals surface area contributed by atoms with Crippen LogP contribution in [0.25, 0.3) is 6.08 Å². The van der Waals surface area contributed by atoms with Crippen molar-refractivity contribution in [3.8, 4) is 11.5 Å². The third-order valence-corrected chi connectivity index (χ3v) is 3.59. The maximum atomic E-state index is 13.3. The van der Waals surface area contributed by atoms with E-state index in [1.54, 1.807) is 0 Å². The second kappa shape index (κ2) is 10.6. The van der Waals surface area contributed by atoms with Gasteiger partial charge < -0.3 is 19.5 Å². The normalized spacial score (nSPS) is 10.7. The van der Waals surface area contributed by atoms with Gasteiger partial charge in [0.05, 0.1) is 12.0 Å². The molecule has 1 amide bonds. The fourth-order valence-electron chi connectivity index (χ4n) is 2.26. The lowest BCUT2D eigenvalue weighted by molar-refractivity contribution is -0.387. The molecule has 2 aromatic rings. The van der Waals surface area contributed by atoms with E-state index >= 15 is 0 Å². The lowest BCUT2D eigenvalue weighted by atomic mass is 10.2. The molecule has 0 aliphatic carbocycles. The molecule has 2 aromatic carbocycles. The molecule has 0 aliphatic heterocycles. The number of rotatable bonds is 9. The number of carbonyl (C=O) groups excluding carboxylic acids is 2. The number of amides is 1. The fraction of sp³-hybridized carbons (Fsp3) is 0.158. The van der Waals surface area contributed by atoms with Crippen LogP contribution >= 0.6 is 0 Å². The number of nitro groups is 1. The number of nitrogens with one attached hydrogen (secondary N) is 1. The molecular formula is C19H15F3N2O7. The highest BCUT2D eigenvalue weighted by Gasteiger charge is 2.16. The summed E-state index contributed by atoms with van der Waals surface area (Å²) in [6, 6.07) is 6.70. The van der Waals surface area contributed by atoms with Crippen LogP contribution in [0.5, 0.6) is 11.5 Å². The van der Waals surface area contributed by atoms with E-state index in [4.69, 9.17) is 9.47 Å². The predicted octanol–water partition coefficient (Wildman–Crippen LogP) is 3.54. The van der Waals surface area contributed by atoms with Crippen LogP contribution < -0.4 is 14.8 Å². The molecule has 0 atom stereocenters. The van der Waals surface area contributed by atoms with E-state index in [0.29, 0.717) is 5.56 Å². The maximum Gasteiger partial charge on any atom is 0.387 e. The zero-order valence-corrected chi connectivity index (χ0v) is 15.8. The molecule has 1 N–H and O–H groups in total. The second-order valence-electron chi connectivity index (χ2n) is 5.70. The Morgan fingerprint density at radius 2 is 1.94 bits per heavy atom. The average molecular weight is 440 g/mol. The zero-order chi connectivity index (χ0) is 23.0. The Morgan fingerprint density at radius 3 is 2.58 bits per heavy atom. The third-order valence-electron chi connectivity index (χ3n) is 3.59. The van der Waals surface area contributed by atoms with E-state index < -0.39 is 41.5 Å². The Morgan fingerprint density at radius 1 is 1.19 bits per heavy atom. The van der Waals surface area contributed by atoms with Crippen molar-refractivity contribution in [1.82, 2.24) is 0 Å². The van der Waals surface area contributed by atoms with E-state index in [1.165, 1.54) is 31.4 Å². The molecule has 0 saturated carbocycles. The lowest BCUT2D eigenvalue weighted by Crippen LogP contribution is -2.20. The maximum absolute atomic E-state index is 13.3. The van der Waals surface area contributed by atoms with Gasteiger partial charge in [-0.05, 0) is 35.9 Å². The molecule has 31 heavy (non-hydrogen) atoms. The summed E-state index contributed by atoms with van der Waals surface area (Å²) >= 11 is 0. The minimum Gasteiger partial charge on any atom is -0.493 e. The first kappa shape index (κ1) is 23.2. The third kappa shape index (κ3) is 7.03. The van der Waals surface area contributed by atoms with Gasteiger partial charge in [-0.3, -0.25) is 14.9 Å². The first-order valence-electron chi connectivity index (χ1n) is 8.41. The first-order chi connectivity index (χ1) is 14.7.